The van der Waals surface area contributed by atoms with Gasteiger partial charge in [-0.25, -0.2) is 4.39 Å². The van der Waals surface area contributed by atoms with E-state index >= 15 is 0 Å². The summed E-state index contributed by atoms with van der Waals surface area (Å²) in [6.07, 6.45) is 1.32. The van der Waals surface area contributed by atoms with Gasteiger partial charge in [-0.3, -0.25) is 0 Å². The summed E-state index contributed by atoms with van der Waals surface area (Å²) in [6, 6.07) is 7.09. The first-order valence-corrected chi connectivity index (χ1v) is 5.92. The largest absolute Gasteiger partial charge is 0.380 e. The molecule has 94 valence electrons. The van der Waals surface area contributed by atoms with Crippen LogP contribution in [0.1, 0.15) is 6.42 Å². The highest BCUT2D eigenvalue weighted by Crippen LogP contribution is 2.17. The Morgan fingerprint density at radius 2 is 2.35 bits per heavy atom. The Bertz CT molecular complexity index is 372. The zero-order valence-corrected chi connectivity index (χ0v) is 10.3. The van der Waals surface area contributed by atoms with Gasteiger partial charge in [-0.1, -0.05) is 6.07 Å². The molecular formula is C13H19FN2O. The van der Waals surface area contributed by atoms with Crippen LogP contribution < -0.4 is 10.2 Å². The maximum Gasteiger partial charge on any atom is 0.125 e. The molecule has 17 heavy (non-hydrogen) atoms. The van der Waals surface area contributed by atoms with Gasteiger partial charge in [0.05, 0.1) is 6.10 Å². The summed E-state index contributed by atoms with van der Waals surface area (Å²) in [5.74, 6) is -0.191. The van der Waals surface area contributed by atoms with E-state index in [1.807, 2.05) is 13.1 Å². The number of hydrogen-bond acceptors (Lipinski definition) is 3. The van der Waals surface area contributed by atoms with Crippen molar-refractivity contribution in [2.75, 3.05) is 32.1 Å². The lowest BCUT2D eigenvalue weighted by molar-refractivity contribution is 0.117. The van der Waals surface area contributed by atoms with E-state index in [-0.39, 0.29) is 5.82 Å². The van der Waals surface area contributed by atoms with Gasteiger partial charge in [0.15, 0.2) is 0 Å². The first kappa shape index (κ1) is 12.3. The topological polar surface area (TPSA) is 24.5 Å². The van der Waals surface area contributed by atoms with Crippen molar-refractivity contribution in [3.8, 4) is 0 Å². The second-order valence-corrected chi connectivity index (χ2v) is 4.56. The normalized spacial score (nSPS) is 23.9. The number of halogens is 1. The number of anilines is 1. The van der Waals surface area contributed by atoms with E-state index in [0.29, 0.717) is 12.1 Å². The van der Waals surface area contributed by atoms with Crippen LogP contribution >= 0.6 is 0 Å². The van der Waals surface area contributed by atoms with Crippen LogP contribution in [0.5, 0.6) is 0 Å². The van der Waals surface area contributed by atoms with Crippen LogP contribution in [-0.2, 0) is 4.74 Å². The monoisotopic (exact) mass is 238 g/mol. The molecule has 4 heteroatoms. The third-order valence-electron chi connectivity index (χ3n) is 3.26. The molecule has 0 bridgehead atoms. The molecule has 0 spiro atoms. The molecule has 1 aliphatic rings. The van der Waals surface area contributed by atoms with Gasteiger partial charge in [-0.15, -0.1) is 0 Å². The van der Waals surface area contributed by atoms with Crippen LogP contribution in [-0.4, -0.2) is 39.4 Å². The molecule has 1 heterocycles. The Balaban J connectivity index is 1.91. The van der Waals surface area contributed by atoms with E-state index in [2.05, 4.69) is 10.2 Å². The van der Waals surface area contributed by atoms with Gasteiger partial charge in [0, 0.05) is 39.0 Å². The van der Waals surface area contributed by atoms with Gasteiger partial charge in [0.25, 0.3) is 0 Å². The molecule has 3 nitrogen and oxygen atoms in total. The summed E-state index contributed by atoms with van der Waals surface area (Å²) in [4.78, 5) is 2.07. The molecule has 0 radical (unpaired) electrons. The molecule has 0 amide bonds. The van der Waals surface area contributed by atoms with E-state index in [0.717, 1.165) is 25.2 Å². The van der Waals surface area contributed by atoms with Crippen LogP contribution in [0.15, 0.2) is 24.3 Å². The quantitative estimate of drug-likeness (QED) is 0.863. The average Bonchev–Trinajstić information content (AvgIpc) is 2.77. The minimum Gasteiger partial charge on any atom is -0.380 e. The van der Waals surface area contributed by atoms with Crippen LogP contribution in [0.2, 0.25) is 0 Å². The third-order valence-corrected chi connectivity index (χ3v) is 3.26. The number of nitrogens with zero attached hydrogens (tertiary/aromatic N) is 1. The van der Waals surface area contributed by atoms with Crippen molar-refractivity contribution < 1.29 is 9.13 Å². The molecular weight excluding hydrogens is 219 g/mol. The summed E-state index contributed by atoms with van der Waals surface area (Å²) in [7, 11) is 3.72. The summed E-state index contributed by atoms with van der Waals surface area (Å²) in [5.41, 5.74) is 0.910. The summed E-state index contributed by atoms with van der Waals surface area (Å²) >= 11 is 0. The fourth-order valence-electron chi connectivity index (χ4n) is 2.25. The fourth-order valence-corrected chi connectivity index (χ4v) is 2.25. The Morgan fingerprint density at radius 3 is 3.00 bits per heavy atom. The van der Waals surface area contributed by atoms with Crippen LogP contribution in [0.3, 0.4) is 0 Å². The fraction of sp³-hybridized carbons (Fsp3) is 0.538. The molecule has 2 rings (SSSR count). The molecule has 1 saturated heterocycles. The van der Waals surface area contributed by atoms with Gasteiger partial charge in [0.1, 0.15) is 5.82 Å². The molecule has 1 fully saturated rings. The molecule has 1 aromatic carbocycles. The maximum atomic E-state index is 13.1. The molecule has 1 aromatic rings. The minimum absolute atomic E-state index is 0.191. The number of hydrogen-bond donors (Lipinski definition) is 1. The number of ether oxygens (including phenoxy) is 1. The van der Waals surface area contributed by atoms with Crippen molar-refractivity contribution in [3.05, 3.63) is 30.1 Å². The Labute approximate surface area is 102 Å². The Morgan fingerprint density at radius 1 is 1.53 bits per heavy atom. The van der Waals surface area contributed by atoms with E-state index in [1.54, 1.807) is 19.2 Å². The zero-order chi connectivity index (χ0) is 12.3. The van der Waals surface area contributed by atoms with Crippen molar-refractivity contribution in [1.82, 2.24) is 5.32 Å². The smallest absolute Gasteiger partial charge is 0.125 e. The molecule has 0 saturated carbocycles. The van der Waals surface area contributed by atoms with Crippen LogP contribution in [0.4, 0.5) is 10.1 Å². The van der Waals surface area contributed by atoms with Gasteiger partial charge in [-0.2, -0.15) is 0 Å². The highest BCUT2D eigenvalue weighted by atomic mass is 19.1. The lowest BCUT2D eigenvalue weighted by Gasteiger charge is -2.23. The number of nitrogens with one attached hydrogen (secondary N) is 1. The molecule has 1 N–H and O–H groups in total. The number of likely N-dealkylation sites (N-methyl/N-ethyl adjacent to an activating group) is 1. The van der Waals surface area contributed by atoms with Crippen LogP contribution in [0, 0.1) is 5.82 Å². The van der Waals surface area contributed by atoms with Crippen molar-refractivity contribution in [1.29, 1.82) is 0 Å². The van der Waals surface area contributed by atoms with Crippen molar-refractivity contribution in [3.63, 3.8) is 0 Å². The highest BCUT2D eigenvalue weighted by molar-refractivity contribution is 5.45. The molecule has 0 aromatic heterocycles. The second-order valence-electron chi connectivity index (χ2n) is 4.56. The van der Waals surface area contributed by atoms with Crippen molar-refractivity contribution >= 4 is 5.69 Å². The number of rotatable bonds is 4. The van der Waals surface area contributed by atoms with Crippen LogP contribution in [0.25, 0.3) is 0 Å². The predicted octanol–water partition coefficient (Wildman–Crippen LogP) is 1.64. The maximum absolute atomic E-state index is 13.1. The SMILES string of the molecule is COC1CNC(CN(C)c2cccc(F)c2)C1. The summed E-state index contributed by atoms with van der Waals surface area (Å²) < 4.78 is 18.4. The number of benzene rings is 1. The minimum atomic E-state index is -0.191. The van der Waals surface area contributed by atoms with E-state index in [9.17, 15) is 4.39 Å². The van der Waals surface area contributed by atoms with Gasteiger partial charge in [0.2, 0.25) is 0 Å². The standard InChI is InChI=1S/C13H19FN2O/c1-16(12-5-3-4-10(14)6-12)9-11-7-13(17-2)8-15-11/h3-6,11,13,15H,7-9H2,1-2H3. The Kier molecular flexibility index (Phi) is 3.97. The van der Waals surface area contributed by atoms with E-state index < -0.39 is 0 Å². The summed E-state index contributed by atoms with van der Waals surface area (Å²) in [5, 5.41) is 3.41. The second kappa shape index (κ2) is 5.47. The first-order valence-electron chi connectivity index (χ1n) is 5.92. The van der Waals surface area contributed by atoms with Gasteiger partial charge >= 0.3 is 0 Å². The van der Waals surface area contributed by atoms with Crippen molar-refractivity contribution in [2.45, 2.75) is 18.6 Å². The summed E-state index contributed by atoms with van der Waals surface area (Å²) in [6.45, 7) is 1.77. The van der Waals surface area contributed by atoms with E-state index in [1.165, 1.54) is 6.07 Å². The predicted molar refractivity (Wildman–Crippen MR) is 66.9 cm³/mol. The first-order chi connectivity index (χ1) is 8.19. The van der Waals surface area contributed by atoms with Crippen molar-refractivity contribution in [2.24, 2.45) is 0 Å². The third kappa shape index (κ3) is 3.17. The average molecular weight is 238 g/mol. The molecule has 2 atom stereocenters. The Hall–Kier alpha value is -1.13. The lowest BCUT2D eigenvalue weighted by Crippen LogP contribution is -2.35. The van der Waals surface area contributed by atoms with Gasteiger partial charge in [-0.05, 0) is 24.6 Å². The lowest BCUT2D eigenvalue weighted by atomic mass is 10.2. The molecule has 2 unspecified atom stereocenters. The zero-order valence-electron chi connectivity index (χ0n) is 10.3. The molecule has 1 aliphatic heterocycles. The molecule has 0 aliphatic carbocycles. The number of methoxy groups -OCH3 is 1. The highest BCUT2D eigenvalue weighted by Gasteiger charge is 2.24. The van der Waals surface area contributed by atoms with Gasteiger partial charge < -0.3 is 15.0 Å². The van der Waals surface area contributed by atoms with E-state index in [4.69, 9.17) is 4.74 Å².